The van der Waals surface area contributed by atoms with Crippen molar-refractivity contribution in [3.05, 3.63) is 72.4 Å². The van der Waals surface area contributed by atoms with Gasteiger partial charge in [-0.2, -0.15) is 0 Å². The number of imidazole rings is 1. The molecule has 5 aromatic rings. The molecule has 4 heterocycles. The third-order valence-electron chi connectivity index (χ3n) is 4.67. The second kappa shape index (κ2) is 7.40. The second-order valence-electron chi connectivity index (χ2n) is 6.45. The summed E-state index contributed by atoms with van der Waals surface area (Å²) in [4.78, 5) is 23.6. The number of benzene rings is 1. The Labute approximate surface area is 171 Å². The van der Waals surface area contributed by atoms with Gasteiger partial charge in [-0.3, -0.25) is 9.97 Å². The third kappa shape index (κ3) is 3.34. The summed E-state index contributed by atoms with van der Waals surface area (Å²) >= 11 is 1.63. The summed E-state index contributed by atoms with van der Waals surface area (Å²) in [5, 5.41) is 5.34. The van der Waals surface area contributed by atoms with E-state index in [1.807, 2.05) is 42.8 Å². The minimum atomic E-state index is 0.527. The molecule has 0 unspecified atom stereocenters. The van der Waals surface area contributed by atoms with Crippen LogP contribution in [0.2, 0.25) is 0 Å². The molecule has 0 aliphatic carbocycles. The fraction of sp³-hybridized carbons (Fsp3) is 0.0952. The molecule has 0 aliphatic rings. The zero-order valence-corrected chi connectivity index (χ0v) is 16.5. The number of rotatable bonds is 5. The van der Waals surface area contributed by atoms with Crippen LogP contribution < -0.4 is 5.32 Å². The maximum absolute atomic E-state index is 4.77. The van der Waals surface area contributed by atoms with Gasteiger partial charge in [-0.1, -0.05) is 18.2 Å². The summed E-state index contributed by atoms with van der Waals surface area (Å²) in [6.07, 6.45) is 6.85. The molecule has 7 nitrogen and oxygen atoms in total. The van der Waals surface area contributed by atoms with Gasteiger partial charge < -0.3 is 9.88 Å². The summed E-state index contributed by atoms with van der Waals surface area (Å²) < 4.78 is 2.08. The average Bonchev–Trinajstić information content (AvgIpc) is 3.42. The van der Waals surface area contributed by atoms with Crippen LogP contribution in [0.3, 0.4) is 0 Å². The molecule has 5 rings (SSSR count). The maximum Gasteiger partial charge on any atom is 0.223 e. The number of fused-ring (bicyclic) bond motifs is 1. The highest BCUT2D eigenvalue weighted by Gasteiger charge is 2.14. The fourth-order valence-corrected chi connectivity index (χ4v) is 3.93. The molecule has 0 fully saturated rings. The highest BCUT2D eigenvalue weighted by molar-refractivity contribution is 7.13. The van der Waals surface area contributed by atoms with E-state index in [0.717, 1.165) is 38.7 Å². The lowest BCUT2D eigenvalue weighted by Crippen LogP contribution is -2.09. The quantitative estimate of drug-likeness (QED) is 0.478. The Bertz CT molecular complexity index is 1260. The van der Waals surface area contributed by atoms with E-state index in [0.29, 0.717) is 12.5 Å². The lowest BCUT2D eigenvalue weighted by Gasteiger charge is -2.10. The number of nitrogens with one attached hydrogen (secondary N) is 1. The molecule has 142 valence electrons. The van der Waals surface area contributed by atoms with Gasteiger partial charge in [0.2, 0.25) is 5.95 Å². The van der Waals surface area contributed by atoms with Gasteiger partial charge in [0.25, 0.3) is 0 Å². The first kappa shape index (κ1) is 17.4. The van der Waals surface area contributed by atoms with Crippen LogP contribution in [0, 0.1) is 0 Å². The Morgan fingerprint density at radius 2 is 1.93 bits per heavy atom. The van der Waals surface area contributed by atoms with E-state index < -0.39 is 0 Å². The molecular formula is C21H17N7S. The van der Waals surface area contributed by atoms with E-state index in [1.54, 1.807) is 36.1 Å². The molecule has 0 atom stereocenters. The summed E-state index contributed by atoms with van der Waals surface area (Å²) in [6, 6.07) is 12.1. The highest BCUT2D eigenvalue weighted by Crippen LogP contribution is 2.32. The van der Waals surface area contributed by atoms with Crippen molar-refractivity contribution in [3.8, 4) is 21.8 Å². The van der Waals surface area contributed by atoms with Crippen LogP contribution in [0.4, 0.5) is 5.95 Å². The van der Waals surface area contributed by atoms with Gasteiger partial charge in [0.15, 0.2) is 0 Å². The van der Waals surface area contributed by atoms with E-state index >= 15 is 0 Å². The summed E-state index contributed by atoms with van der Waals surface area (Å²) in [5.74, 6) is 1.47. The maximum atomic E-state index is 4.77. The van der Waals surface area contributed by atoms with Gasteiger partial charge in [0, 0.05) is 31.2 Å². The molecule has 0 saturated heterocycles. The van der Waals surface area contributed by atoms with E-state index in [9.17, 15) is 0 Å². The first-order chi connectivity index (χ1) is 14.3. The fourth-order valence-electron chi connectivity index (χ4n) is 3.21. The van der Waals surface area contributed by atoms with Gasteiger partial charge in [0.05, 0.1) is 40.0 Å². The van der Waals surface area contributed by atoms with Crippen molar-refractivity contribution in [2.45, 2.75) is 6.54 Å². The largest absolute Gasteiger partial charge is 0.347 e. The number of aryl methyl sites for hydroxylation is 1. The van der Waals surface area contributed by atoms with Crippen LogP contribution in [0.15, 0.2) is 66.6 Å². The zero-order valence-electron chi connectivity index (χ0n) is 15.6. The van der Waals surface area contributed by atoms with E-state index in [2.05, 4.69) is 30.9 Å². The van der Waals surface area contributed by atoms with Crippen molar-refractivity contribution in [1.29, 1.82) is 0 Å². The summed E-state index contributed by atoms with van der Waals surface area (Å²) in [6.45, 7) is 0.527. The molecule has 0 spiro atoms. The lowest BCUT2D eigenvalue weighted by molar-refractivity contribution is 0.828. The highest BCUT2D eigenvalue weighted by atomic mass is 32.1. The molecule has 0 radical (unpaired) electrons. The molecule has 29 heavy (non-hydrogen) atoms. The lowest BCUT2D eigenvalue weighted by atomic mass is 10.1. The summed E-state index contributed by atoms with van der Waals surface area (Å²) in [5.41, 5.74) is 4.52. The number of para-hydroxylation sites is 2. The molecule has 4 aromatic heterocycles. The smallest absolute Gasteiger partial charge is 0.223 e. The standard InChI is InChI=1S/C21H17N7S/c1-28-17-6-3-2-5-15(17)26-19(28)13-25-21-24-11-14(16-12-22-8-9-23-16)20(27-21)18-7-4-10-29-18/h2-12H,13H2,1H3,(H,24,25,27). The molecule has 0 saturated carbocycles. The van der Waals surface area contributed by atoms with Crippen molar-refractivity contribution in [1.82, 2.24) is 29.5 Å². The van der Waals surface area contributed by atoms with Gasteiger partial charge in [-0.05, 0) is 23.6 Å². The Morgan fingerprint density at radius 1 is 1.00 bits per heavy atom. The minimum absolute atomic E-state index is 0.527. The van der Waals surface area contributed by atoms with Gasteiger partial charge >= 0.3 is 0 Å². The van der Waals surface area contributed by atoms with E-state index in [-0.39, 0.29) is 0 Å². The second-order valence-corrected chi connectivity index (χ2v) is 7.40. The number of hydrogen-bond donors (Lipinski definition) is 1. The van der Waals surface area contributed by atoms with Gasteiger partial charge in [0.1, 0.15) is 5.82 Å². The van der Waals surface area contributed by atoms with Crippen LogP contribution in [0.5, 0.6) is 0 Å². The molecule has 0 amide bonds. The molecule has 0 bridgehead atoms. The Hall–Kier alpha value is -3.65. The van der Waals surface area contributed by atoms with E-state index in [4.69, 9.17) is 9.97 Å². The predicted molar refractivity (Wildman–Crippen MR) is 114 cm³/mol. The van der Waals surface area contributed by atoms with Gasteiger partial charge in [-0.15, -0.1) is 11.3 Å². The summed E-state index contributed by atoms with van der Waals surface area (Å²) in [7, 11) is 2.02. The van der Waals surface area contributed by atoms with Crippen molar-refractivity contribution >= 4 is 28.3 Å². The Kier molecular flexibility index (Phi) is 4.45. The van der Waals surface area contributed by atoms with Crippen LogP contribution >= 0.6 is 11.3 Å². The Balaban J connectivity index is 1.48. The third-order valence-corrected chi connectivity index (χ3v) is 5.54. The molecule has 8 heteroatoms. The van der Waals surface area contributed by atoms with Crippen molar-refractivity contribution < 1.29 is 0 Å². The van der Waals surface area contributed by atoms with Crippen molar-refractivity contribution in [3.63, 3.8) is 0 Å². The van der Waals surface area contributed by atoms with Crippen molar-refractivity contribution in [2.24, 2.45) is 7.05 Å². The number of anilines is 1. The molecule has 1 N–H and O–H groups in total. The zero-order chi connectivity index (χ0) is 19.6. The topological polar surface area (TPSA) is 81.4 Å². The van der Waals surface area contributed by atoms with Crippen LogP contribution in [0.1, 0.15) is 5.82 Å². The first-order valence-electron chi connectivity index (χ1n) is 9.11. The van der Waals surface area contributed by atoms with Crippen LogP contribution in [-0.4, -0.2) is 29.5 Å². The molecular weight excluding hydrogens is 382 g/mol. The van der Waals surface area contributed by atoms with Gasteiger partial charge in [-0.25, -0.2) is 15.0 Å². The molecule has 0 aliphatic heterocycles. The molecule has 1 aromatic carbocycles. The first-order valence-corrected chi connectivity index (χ1v) is 9.99. The Morgan fingerprint density at radius 3 is 2.72 bits per heavy atom. The van der Waals surface area contributed by atoms with E-state index in [1.165, 1.54) is 0 Å². The monoisotopic (exact) mass is 399 g/mol. The van der Waals surface area contributed by atoms with Crippen LogP contribution in [-0.2, 0) is 13.6 Å². The average molecular weight is 399 g/mol. The normalized spacial score (nSPS) is 11.1. The minimum Gasteiger partial charge on any atom is -0.347 e. The SMILES string of the molecule is Cn1c(CNc2ncc(-c3cnccn3)c(-c3cccs3)n2)nc2ccccc21. The number of aromatic nitrogens is 6. The number of nitrogens with zero attached hydrogens (tertiary/aromatic N) is 6. The number of thiophene rings is 1. The van der Waals surface area contributed by atoms with Crippen molar-refractivity contribution in [2.75, 3.05) is 5.32 Å². The van der Waals surface area contributed by atoms with Crippen LogP contribution in [0.25, 0.3) is 32.9 Å². The predicted octanol–water partition coefficient (Wildman–Crippen LogP) is 4.16. The number of hydrogen-bond acceptors (Lipinski definition) is 7.